The van der Waals surface area contributed by atoms with E-state index in [1.807, 2.05) is 6.20 Å². The van der Waals surface area contributed by atoms with Gasteiger partial charge in [-0.2, -0.15) is 0 Å². The summed E-state index contributed by atoms with van der Waals surface area (Å²) in [7, 11) is 0. The van der Waals surface area contributed by atoms with Gasteiger partial charge in [0.25, 0.3) is 0 Å². The zero-order valence-corrected chi connectivity index (χ0v) is 13.5. The topological polar surface area (TPSA) is 28.2 Å². The number of piperidine rings is 1. The third-order valence-corrected chi connectivity index (χ3v) is 4.86. The van der Waals surface area contributed by atoms with Crippen LogP contribution in [-0.2, 0) is 0 Å². The Kier molecular flexibility index (Phi) is 4.79. The quantitative estimate of drug-likeness (QED) is 0.878. The smallest absolute Gasteiger partial charge is 0.130 e. The Morgan fingerprint density at radius 3 is 2.81 bits per heavy atom. The molecule has 2 heterocycles. The number of aromatic nitrogens is 1. The molecule has 3 nitrogen and oxygen atoms in total. The lowest BCUT2D eigenvalue weighted by Crippen LogP contribution is -2.37. The molecule has 1 aliphatic heterocycles. The minimum Gasteiger partial charge on any atom is -0.367 e. The number of hydrogen-bond acceptors (Lipinski definition) is 3. The Labute approximate surface area is 129 Å². The molecule has 0 amide bonds. The van der Waals surface area contributed by atoms with Crippen LogP contribution in [-0.4, -0.2) is 29.0 Å². The number of nitrogens with one attached hydrogen (secondary N) is 1. The number of nitrogens with zero attached hydrogens (tertiary/aromatic N) is 2. The van der Waals surface area contributed by atoms with E-state index in [-0.39, 0.29) is 0 Å². The van der Waals surface area contributed by atoms with E-state index in [0.717, 1.165) is 11.7 Å². The molecule has 2 aliphatic rings. The standard InChI is InChI=1S/C18H29N3/c1-14(2)13-21-12-4-3-10-17(21)16-9-6-11-19-18(16)20-15-7-5-8-15/h6,9,11,14-15,17H,3-5,7-8,10,12-13H2,1-2H3,(H,19,20)/t17-/m0/s1. The maximum atomic E-state index is 4.65. The first-order valence-electron chi connectivity index (χ1n) is 8.69. The van der Waals surface area contributed by atoms with Gasteiger partial charge in [-0.1, -0.05) is 26.3 Å². The first-order valence-corrected chi connectivity index (χ1v) is 8.69. The molecule has 21 heavy (non-hydrogen) atoms. The lowest BCUT2D eigenvalue weighted by molar-refractivity contribution is 0.132. The highest BCUT2D eigenvalue weighted by atomic mass is 15.2. The summed E-state index contributed by atoms with van der Waals surface area (Å²) in [4.78, 5) is 7.33. The van der Waals surface area contributed by atoms with Crippen LogP contribution in [0.3, 0.4) is 0 Å². The lowest BCUT2D eigenvalue weighted by Gasteiger charge is -2.38. The fraction of sp³-hybridized carbons (Fsp3) is 0.722. The minimum absolute atomic E-state index is 0.553. The molecule has 0 aromatic carbocycles. The number of hydrogen-bond donors (Lipinski definition) is 1. The molecule has 1 saturated carbocycles. The van der Waals surface area contributed by atoms with Crippen molar-refractivity contribution in [2.75, 3.05) is 18.4 Å². The zero-order valence-electron chi connectivity index (χ0n) is 13.5. The van der Waals surface area contributed by atoms with Crippen molar-refractivity contribution in [3.63, 3.8) is 0 Å². The molecule has 2 fully saturated rings. The number of rotatable bonds is 5. The van der Waals surface area contributed by atoms with Gasteiger partial charge in [0, 0.05) is 30.4 Å². The van der Waals surface area contributed by atoms with Gasteiger partial charge in [-0.15, -0.1) is 0 Å². The van der Waals surface area contributed by atoms with Crippen molar-refractivity contribution < 1.29 is 0 Å². The molecule has 0 radical (unpaired) electrons. The molecule has 1 aromatic rings. The Morgan fingerprint density at radius 2 is 2.10 bits per heavy atom. The first-order chi connectivity index (χ1) is 10.2. The summed E-state index contributed by atoms with van der Waals surface area (Å²) in [6.07, 6.45) is 9.86. The van der Waals surface area contributed by atoms with Crippen LogP contribution in [0.1, 0.15) is 64.0 Å². The predicted octanol–water partition coefficient (Wildman–Crippen LogP) is 4.23. The average Bonchev–Trinajstić information content (AvgIpc) is 2.43. The van der Waals surface area contributed by atoms with Crippen molar-refractivity contribution in [1.29, 1.82) is 0 Å². The van der Waals surface area contributed by atoms with Crippen molar-refractivity contribution >= 4 is 5.82 Å². The highest BCUT2D eigenvalue weighted by Gasteiger charge is 2.28. The Bertz CT molecular complexity index is 454. The van der Waals surface area contributed by atoms with Crippen molar-refractivity contribution in [3.8, 4) is 0 Å². The predicted molar refractivity (Wildman–Crippen MR) is 88.5 cm³/mol. The van der Waals surface area contributed by atoms with Crippen LogP contribution in [0.2, 0.25) is 0 Å². The molecule has 0 unspecified atom stereocenters. The van der Waals surface area contributed by atoms with E-state index in [1.54, 1.807) is 0 Å². The fourth-order valence-electron chi connectivity index (χ4n) is 3.58. The molecule has 3 rings (SSSR count). The highest BCUT2D eigenvalue weighted by molar-refractivity contribution is 5.47. The Balaban J connectivity index is 1.79. The molecule has 1 saturated heterocycles. The monoisotopic (exact) mass is 287 g/mol. The van der Waals surface area contributed by atoms with Gasteiger partial charge in [0.15, 0.2) is 0 Å². The number of anilines is 1. The van der Waals surface area contributed by atoms with Crippen molar-refractivity contribution in [1.82, 2.24) is 9.88 Å². The van der Waals surface area contributed by atoms with Crippen molar-refractivity contribution in [2.45, 2.75) is 64.5 Å². The minimum atomic E-state index is 0.553. The van der Waals surface area contributed by atoms with Crippen LogP contribution in [0.25, 0.3) is 0 Å². The van der Waals surface area contributed by atoms with Crippen LogP contribution < -0.4 is 5.32 Å². The summed E-state index contributed by atoms with van der Waals surface area (Å²) in [6, 6.07) is 5.60. The zero-order chi connectivity index (χ0) is 14.7. The molecular weight excluding hydrogens is 258 g/mol. The van der Waals surface area contributed by atoms with Gasteiger partial charge in [-0.25, -0.2) is 4.98 Å². The van der Waals surface area contributed by atoms with Crippen LogP contribution in [0, 0.1) is 5.92 Å². The third-order valence-electron chi connectivity index (χ3n) is 4.86. The average molecular weight is 287 g/mol. The summed E-state index contributed by atoms with van der Waals surface area (Å²) in [5.41, 5.74) is 1.42. The second-order valence-corrected chi connectivity index (χ2v) is 7.11. The second kappa shape index (κ2) is 6.78. The van der Waals surface area contributed by atoms with E-state index < -0.39 is 0 Å². The van der Waals surface area contributed by atoms with Gasteiger partial charge < -0.3 is 5.32 Å². The molecule has 0 bridgehead atoms. The summed E-state index contributed by atoms with van der Waals surface area (Å²) in [6.45, 7) is 7.08. The van der Waals surface area contributed by atoms with Crippen molar-refractivity contribution in [3.05, 3.63) is 23.9 Å². The first kappa shape index (κ1) is 14.8. The van der Waals surface area contributed by atoms with Crippen molar-refractivity contribution in [2.24, 2.45) is 5.92 Å². The second-order valence-electron chi connectivity index (χ2n) is 7.11. The van der Waals surface area contributed by atoms with Crippen LogP contribution in [0.4, 0.5) is 5.82 Å². The summed E-state index contributed by atoms with van der Waals surface area (Å²) in [5.74, 6) is 1.87. The largest absolute Gasteiger partial charge is 0.367 e. The van der Waals surface area contributed by atoms with E-state index in [4.69, 9.17) is 0 Å². The Hall–Kier alpha value is -1.09. The fourth-order valence-corrected chi connectivity index (χ4v) is 3.58. The van der Waals surface area contributed by atoms with E-state index in [9.17, 15) is 0 Å². The van der Waals surface area contributed by atoms with Crippen LogP contribution in [0.15, 0.2) is 18.3 Å². The summed E-state index contributed by atoms with van der Waals surface area (Å²) < 4.78 is 0. The van der Waals surface area contributed by atoms with Gasteiger partial charge in [-0.3, -0.25) is 4.90 Å². The molecular formula is C18H29N3. The van der Waals surface area contributed by atoms with E-state index in [0.29, 0.717) is 12.1 Å². The Morgan fingerprint density at radius 1 is 1.24 bits per heavy atom. The number of pyridine rings is 1. The molecule has 0 spiro atoms. The van der Waals surface area contributed by atoms with Gasteiger partial charge in [0.05, 0.1) is 0 Å². The van der Waals surface area contributed by atoms with Gasteiger partial charge in [0.1, 0.15) is 5.82 Å². The van der Waals surface area contributed by atoms with Gasteiger partial charge in [-0.05, 0) is 50.6 Å². The third kappa shape index (κ3) is 3.57. The SMILES string of the molecule is CC(C)CN1CCCC[C@H]1c1cccnc1NC1CCC1. The highest BCUT2D eigenvalue weighted by Crippen LogP contribution is 2.35. The van der Waals surface area contributed by atoms with Gasteiger partial charge in [0.2, 0.25) is 0 Å². The van der Waals surface area contributed by atoms with E-state index in [2.05, 4.69) is 41.2 Å². The van der Waals surface area contributed by atoms with Crippen LogP contribution in [0.5, 0.6) is 0 Å². The van der Waals surface area contributed by atoms with Gasteiger partial charge >= 0.3 is 0 Å². The molecule has 3 heteroatoms. The lowest BCUT2D eigenvalue weighted by atomic mass is 9.91. The summed E-state index contributed by atoms with van der Waals surface area (Å²) >= 11 is 0. The molecule has 116 valence electrons. The molecule has 1 aliphatic carbocycles. The maximum absolute atomic E-state index is 4.65. The van der Waals surface area contributed by atoms with E-state index >= 15 is 0 Å². The van der Waals surface area contributed by atoms with E-state index in [1.165, 1.54) is 57.2 Å². The summed E-state index contributed by atoms with van der Waals surface area (Å²) in [5, 5.41) is 3.68. The molecule has 1 aromatic heterocycles. The number of likely N-dealkylation sites (tertiary alicyclic amines) is 1. The molecule has 1 N–H and O–H groups in total. The molecule has 1 atom stereocenters. The maximum Gasteiger partial charge on any atom is 0.130 e. The normalized spacial score (nSPS) is 24.0. The van der Waals surface area contributed by atoms with Crippen LogP contribution >= 0.6 is 0 Å².